The van der Waals surface area contributed by atoms with E-state index >= 15 is 0 Å². The van der Waals surface area contributed by atoms with E-state index in [2.05, 4.69) is 112 Å². The summed E-state index contributed by atoms with van der Waals surface area (Å²) in [5.41, 5.74) is 12.9. The molecule has 0 N–H and O–H groups in total. The molecule has 41 heavy (non-hydrogen) atoms. The Kier molecular flexibility index (Phi) is 6.01. The summed E-state index contributed by atoms with van der Waals surface area (Å²) in [6.45, 7) is 11.2. The van der Waals surface area contributed by atoms with Crippen LogP contribution < -0.4 is 0 Å². The third-order valence-electron chi connectivity index (χ3n) is 8.13. The van der Waals surface area contributed by atoms with Crippen molar-refractivity contribution in [2.45, 2.75) is 46.5 Å². The molecule has 7 rings (SSSR count). The van der Waals surface area contributed by atoms with Crippen LogP contribution in [0.15, 0.2) is 102 Å². The van der Waals surface area contributed by atoms with Gasteiger partial charge in [0.15, 0.2) is 5.58 Å². The molecule has 3 heterocycles. The van der Waals surface area contributed by atoms with Crippen molar-refractivity contribution in [2.24, 2.45) is 0 Å². The smallest absolute Gasteiger partial charge is 0.164 e. The molecule has 0 aliphatic rings. The molecular weight excluding hydrogens is 502 g/mol. The lowest BCUT2D eigenvalue weighted by Crippen LogP contribution is -2.09. The third-order valence-corrected chi connectivity index (χ3v) is 8.13. The average molecular weight is 536 g/mol. The lowest BCUT2D eigenvalue weighted by molar-refractivity contribution is 0.668. The molecule has 0 radical (unpaired) electrons. The quantitative estimate of drug-likeness (QED) is 0.220. The summed E-state index contributed by atoms with van der Waals surface area (Å²) in [7, 11) is 0. The molecule has 202 valence electrons. The fourth-order valence-electron chi connectivity index (χ4n) is 6.09. The number of aryl methyl sites for hydroxylation is 1. The number of nitrogens with zero attached hydrogens (tertiary/aromatic N) is 3. The number of hydrogen-bond donors (Lipinski definition) is 0. The zero-order valence-corrected chi connectivity index (χ0v) is 24.1. The summed E-state index contributed by atoms with van der Waals surface area (Å²) in [4.78, 5) is 10.0. The molecule has 4 nitrogen and oxygen atoms in total. The van der Waals surface area contributed by atoms with Gasteiger partial charge in [-0.05, 0) is 83.0 Å². The van der Waals surface area contributed by atoms with Crippen molar-refractivity contribution in [2.75, 3.05) is 0 Å². The predicted octanol–water partition coefficient (Wildman–Crippen LogP) is 10.2. The molecule has 0 fully saturated rings. The van der Waals surface area contributed by atoms with Gasteiger partial charge >= 0.3 is 0 Å². The van der Waals surface area contributed by atoms with E-state index in [0.717, 1.165) is 50.1 Å². The van der Waals surface area contributed by atoms with E-state index in [9.17, 15) is 0 Å². The molecule has 0 amide bonds. The fourth-order valence-corrected chi connectivity index (χ4v) is 6.09. The number of para-hydroxylation sites is 2. The first-order chi connectivity index (χ1) is 19.9. The zero-order valence-electron chi connectivity index (χ0n) is 24.1. The fraction of sp³-hybridized carbons (Fsp3) is 0.189. The van der Waals surface area contributed by atoms with Crippen LogP contribution >= 0.6 is 0 Å². The van der Waals surface area contributed by atoms with E-state index < -0.39 is 0 Å². The van der Waals surface area contributed by atoms with E-state index in [1.807, 2.05) is 24.4 Å². The molecule has 4 heteroatoms. The number of benzene rings is 4. The van der Waals surface area contributed by atoms with Crippen LogP contribution in [0.2, 0.25) is 0 Å². The second-order valence-electron chi connectivity index (χ2n) is 11.5. The second-order valence-corrected chi connectivity index (χ2v) is 11.5. The van der Waals surface area contributed by atoms with Crippen molar-refractivity contribution in [3.8, 4) is 28.2 Å². The first-order valence-corrected chi connectivity index (χ1v) is 14.4. The Morgan fingerprint density at radius 3 is 2.17 bits per heavy atom. The first kappa shape index (κ1) is 25.3. The van der Waals surface area contributed by atoms with Gasteiger partial charge in [0, 0.05) is 11.6 Å². The van der Waals surface area contributed by atoms with Crippen LogP contribution in [0.5, 0.6) is 0 Å². The zero-order chi connectivity index (χ0) is 28.2. The van der Waals surface area contributed by atoms with Crippen molar-refractivity contribution in [1.29, 1.82) is 0 Å². The number of fused-ring (bicyclic) bond motifs is 4. The van der Waals surface area contributed by atoms with Crippen LogP contribution in [-0.2, 0) is 0 Å². The topological polar surface area (TPSA) is 43.9 Å². The van der Waals surface area contributed by atoms with Gasteiger partial charge in [-0.3, -0.25) is 9.55 Å². The number of hydrogen-bond acceptors (Lipinski definition) is 3. The highest BCUT2D eigenvalue weighted by molar-refractivity contribution is 6.08. The van der Waals surface area contributed by atoms with Gasteiger partial charge in [-0.15, -0.1) is 0 Å². The Morgan fingerprint density at radius 2 is 1.44 bits per heavy atom. The van der Waals surface area contributed by atoms with Crippen molar-refractivity contribution >= 4 is 33.1 Å². The molecule has 0 atom stereocenters. The van der Waals surface area contributed by atoms with Crippen LogP contribution in [0, 0.1) is 6.92 Å². The molecule has 0 spiro atoms. The normalized spacial score (nSPS) is 12.0. The van der Waals surface area contributed by atoms with Crippen LogP contribution in [0.1, 0.15) is 56.2 Å². The Morgan fingerprint density at radius 1 is 0.732 bits per heavy atom. The minimum atomic E-state index is 0.298. The monoisotopic (exact) mass is 535 g/mol. The van der Waals surface area contributed by atoms with Crippen LogP contribution in [0.25, 0.3) is 61.3 Å². The van der Waals surface area contributed by atoms with Crippen molar-refractivity contribution in [3.05, 3.63) is 114 Å². The van der Waals surface area contributed by atoms with Gasteiger partial charge < -0.3 is 4.42 Å². The van der Waals surface area contributed by atoms with Gasteiger partial charge in [0.1, 0.15) is 16.9 Å². The Balaban J connectivity index is 1.60. The molecule has 0 unspecified atom stereocenters. The van der Waals surface area contributed by atoms with Crippen LogP contribution in [-0.4, -0.2) is 14.5 Å². The Labute approximate surface area is 240 Å². The highest BCUT2D eigenvalue weighted by Gasteiger charge is 2.25. The van der Waals surface area contributed by atoms with Gasteiger partial charge in [-0.25, -0.2) is 4.98 Å². The maximum Gasteiger partial charge on any atom is 0.164 e. The molecule has 4 aromatic carbocycles. The third kappa shape index (κ3) is 4.05. The van der Waals surface area contributed by atoms with Crippen LogP contribution in [0.3, 0.4) is 0 Å². The molecule has 0 saturated heterocycles. The highest BCUT2D eigenvalue weighted by Crippen LogP contribution is 2.42. The number of pyridine rings is 1. The number of furan rings is 1. The first-order valence-electron chi connectivity index (χ1n) is 14.4. The van der Waals surface area contributed by atoms with E-state index in [1.54, 1.807) is 0 Å². The van der Waals surface area contributed by atoms with Gasteiger partial charge in [-0.1, -0.05) is 82.3 Å². The number of aromatic nitrogens is 3. The average Bonchev–Trinajstić information content (AvgIpc) is 3.56. The Bertz CT molecular complexity index is 2030. The molecule has 0 bridgehead atoms. The minimum Gasteiger partial charge on any atom is -0.454 e. The summed E-state index contributed by atoms with van der Waals surface area (Å²) in [6, 6.07) is 32.0. The van der Waals surface area contributed by atoms with Crippen molar-refractivity contribution in [3.63, 3.8) is 0 Å². The van der Waals surface area contributed by atoms with Gasteiger partial charge in [0.25, 0.3) is 0 Å². The van der Waals surface area contributed by atoms with Crippen LogP contribution in [0.4, 0.5) is 0 Å². The second kappa shape index (κ2) is 9.74. The Hall–Kier alpha value is -4.70. The van der Waals surface area contributed by atoms with Gasteiger partial charge in [-0.2, -0.15) is 0 Å². The SMILES string of the molecule is Cc1cccc2oc3c(-c4nc5ccccc5n4-c4c(C(C)C)cc(-c5ccccc5)cc4C(C)C)ccnc3c12. The minimum absolute atomic E-state index is 0.298. The lowest BCUT2D eigenvalue weighted by atomic mass is 9.88. The summed E-state index contributed by atoms with van der Waals surface area (Å²) in [5.74, 6) is 1.46. The summed E-state index contributed by atoms with van der Waals surface area (Å²) in [5, 5.41) is 1.06. The van der Waals surface area contributed by atoms with Gasteiger partial charge in [0.05, 0.1) is 22.3 Å². The maximum atomic E-state index is 6.52. The highest BCUT2D eigenvalue weighted by atomic mass is 16.3. The van der Waals surface area contributed by atoms with E-state index in [1.165, 1.54) is 27.9 Å². The predicted molar refractivity (Wildman–Crippen MR) is 170 cm³/mol. The summed E-state index contributed by atoms with van der Waals surface area (Å²) in [6.07, 6.45) is 1.88. The molecule has 0 aliphatic heterocycles. The van der Waals surface area contributed by atoms with E-state index in [4.69, 9.17) is 14.4 Å². The van der Waals surface area contributed by atoms with E-state index in [-0.39, 0.29) is 0 Å². The molecule has 0 saturated carbocycles. The largest absolute Gasteiger partial charge is 0.454 e. The van der Waals surface area contributed by atoms with Crippen molar-refractivity contribution < 1.29 is 4.42 Å². The number of imidazole rings is 1. The maximum absolute atomic E-state index is 6.52. The lowest BCUT2D eigenvalue weighted by Gasteiger charge is -2.24. The summed E-state index contributed by atoms with van der Waals surface area (Å²) >= 11 is 0. The standard InChI is InChI=1S/C37H33N3O/c1-22(2)28-20-26(25-13-7-6-8-14-25)21-29(23(3)4)35(28)40-31-16-10-9-15-30(31)39-37(40)27-18-19-38-34-33-24(5)12-11-17-32(33)41-36(27)34/h6-23H,1-5H3. The molecule has 3 aromatic heterocycles. The van der Waals surface area contributed by atoms with Crippen molar-refractivity contribution in [1.82, 2.24) is 14.5 Å². The number of rotatable bonds is 5. The van der Waals surface area contributed by atoms with Gasteiger partial charge in [0.2, 0.25) is 0 Å². The molecular formula is C37H33N3O. The summed E-state index contributed by atoms with van der Waals surface area (Å²) < 4.78 is 8.89. The van der Waals surface area contributed by atoms with E-state index in [0.29, 0.717) is 11.8 Å². The molecule has 7 aromatic rings. The molecule has 0 aliphatic carbocycles.